The van der Waals surface area contributed by atoms with E-state index >= 15 is 0 Å². The van der Waals surface area contributed by atoms with Gasteiger partial charge in [-0.05, 0) is 51.0 Å². The van der Waals surface area contributed by atoms with Crippen molar-refractivity contribution in [2.75, 3.05) is 25.0 Å². The number of carboxylic acids is 1. The number of hydrogen-bond donors (Lipinski definition) is 3. The van der Waals surface area contributed by atoms with Crippen LogP contribution in [-0.2, 0) is 4.79 Å². The molecule has 0 unspecified atom stereocenters. The minimum absolute atomic E-state index is 0.343. The lowest BCUT2D eigenvalue weighted by Gasteiger charge is -2.35. The van der Waals surface area contributed by atoms with Gasteiger partial charge in [-0.3, -0.25) is 0 Å². The Morgan fingerprint density at radius 1 is 1.32 bits per heavy atom. The van der Waals surface area contributed by atoms with Crippen LogP contribution >= 0.6 is 11.6 Å². The van der Waals surface area contributed by atoms with Crippen LogP contribution in [0.3, 0.4) is 0 Å². The Morgan fingerprint density at radius 2 is 2.03 bits per heavy atom. The molecule has 0 saturated carbocycles. The smallest absolute Gasteiger partial charge is 0.341 e. The van der Waals surface area contributed by atoms with Crippen LogP contribution in [0.4, 0.5) is 5.69 Å². The largest absolute Gasteiger partial charge is 0.482 e. The van der Waals surface area contributed by atoms with Gasteiger partial charge in [-0.1, -0.05) is 11.6 Å². The highest BCUT2D eigenvalue weighted by atomic mass is 35.5. The average molecular weight is 444 g/mol. The summed E-state index contributed by atoms with van der Waals surface area (Å²) in [6.07, 6.45) is 3.73. The molecule has 1 aromatic carbocycles. The summed E-state index contributed by atoms with van der Waals surface area (Å²) < 4.78 is 5.19. The predicted molar refractivity (Wildman–Crippen MR) is 121 cm³/mol. The Bertz CT molecular complexity index is 1060. The molecular weight excluding hydrogens is 418 g/mol. The zero-order valence-corrected chi connectivity index (χ0v) is 18.3. The van der Waals surface area contributed by atoms with Crippen molar-refractivity contribution in [1.29, 1.82) is 0 Å². The van der Waals surface area contributed by atoms with Crippen LogP contribution in [0.2, 0.25) is 5.02 Å². The van der Waals surface area contributed by atoms with Crippen molar-refractivity contribution in [1.82, 2.24) is 19.9 Å². The molecule has 2 aromatic heterocycles. The van der Waals surface area contributed by atoms with Crippen LogP contribution in [0.5, 0.6) is 5.75 Å². The second kappa shape index (κ2) is 9.11. The topological polar surface area (TPSA) is 103 Å². The number of carboxylic acid groups (broad SMARTS) is 1. The zero-order chi connectivity index (χ0) is 22.0. The van der Waals surface area contributed by atoms with E-state index in [2.05, 4.69) is 39.0 Å². The van der Waals surface area contributed by atoms with E-state index in [4.69, 9.17) is 21.4 Å². The summed E-state index contributed by atoms with van der Waals surface area (Å²) in [5.74, 6) is 0.130. The lowest BCUT2D eigenvalue weighted by atomic mass is 10.0. The van der Waals surface area contributed by atoms with E-state index in [0.29, 0.717) is 34.3 Å². The van der Waals surface area contributed by atoms with Crippen LogP contribution in [0.15, 0.2) is 30.5 Å². The predicted octanol–water partition coefficient (Wildman–Crippen LogP) is 4.03. The van der Waals surface area contributed by atoms with Crippen molar-refractivity contribution in [2.24, 2.45) is 0 Å². The number of piperidine rings is 1. The zero-order valence-electron chi connectivity index (χ0n) is 17.6. The number of anilines is 1. The number of hydrogen-bond acceptors (Lipinski definition) is 6. The lowest BCUT2D eigenvalue weighted by molar-refractivity contribution is -0.139. The van der Waals surface area contributed by atoms with E-state index in [1.54, 1.807) is 18.3 Å². The molecule has 0 bridgehead atoms. The Labute approximate surface area is 185 Å². The van der Waals surface area contributed by atoms with Crippen LogP contribution < -0.4 is 10.1 Å². The third kappa shape index (κ3) is 4.91. The third-order valence-corrected chi connectivity index (χ3v) is 5.86. The molecule has 0 spiro atoms. The van der Waals surface area contributed by atoms with Gasteiger partial charge in [0.05, 0.1) is 16.9 Å². The van der Waals surface area contributed by atoms with Gasteiger partial charge >= 0.3 is 5.97 Å². The van der Waals surface area contributed by atoms with Gasteiger partial charge in [0.25, 0.3) is 0 Å². The van der Waals surface area contributed by atoms with Gasteiger partial charge in [-0.25, -0.2) is 14.8 Å². The molecule has 4 rings (SSSR count). The molecule has 8 nitrogen and oxygen atoms in total. The quantitative estimate of drug-likeness (QED) is 0.506. The molecule has 1 aliphatic heterocycles. The first-order chi connectivity index (χ1) is 14.9. The molecular formula is C22H26ClN5O3. The molecule has 3 aromatic rings. The van der Waals surface area contributed by atoms with Crippen molar-refractivity contribution in [2.45, 2.75) is 38.8 Å². The molecule has 1 aliphatic rings. The molecule has 0 radical (unpaired) electrons. The van der Waals surface area contributed by atoms with Crippen molar-refractivity contribution in [3.05, 3.63) is 35.5 Å². The summed E-state index contributed by atoms with van der Waals surface area (Å²) in [4.78, 5) is 25.4. The Morgan fingerprint density at radius 3 is 2.68 bits per heavy atom. The summed E-state index contributed by atoms with van der Waals surface area (Å²) in [5.41, 5.74) is 3.04. The first-order valence-electron chi connectivity index (χ1n) is 10.4. The number of imidazole rings is 1. The number of ether oxygens (including phenoxy) is 1. The Kier molecular flexibility index (Phi) is 6.29. The van der Waals surface area contributed by atoms with E-state index < -0.39 is 5.97 Å². The maximum Gasteiger partial charge on any atom is 0.341 e. The van der Waals surface area contributed by atoms with Crippen molar-refractivity contribution in [3.63, 3.8) is 0 Å². The summed E-state index contributed by atoms with van der Waals surface area (Å²) >= 11 is 6.49. The average Bonchev–Trinajstić information content (AvgIpc) is 3.19. The summed E-state index contributed by atoms with van der Waals surface area (Å²) in [6.45, 7) is 6.21. The summed E-state index contributed by atoms with van der Waals surface area (Å²) in [6, 6.07) is 7.99. The fourth-order valence-corrected chi connectivity index (χ4v) is 4.03. The second-order valence-corrected chi connectivity index (χ2v) is 8.43. The first kappa shape index (κ1) is 21.4. The van der Waals surface area contributed by atoms with Crippen LogP contribution in [-0.4, -0.2) is 62.7 Å². The fourth-order valence-electron chi connectivity index (χ4n) is 3.83. The minimum Gasteiger partial charge on any atom is -0.482 e. The molecule has 0 atom stereocenters. The van der Waals surface area contributed by atoms with E-state index in [0.717, 1.165) is 42.7 Å². The normalized spacial score (nSPS) is 15.5. The number of likely N-dealkylation sites (tertiary alicyclic amines) is 1. The monoisotopic (exact) mass is 443 g/mol. The number of nitrogens with zero attached hydrogens (tertiary/aromatic N) is 3. The number of nitrogens with one attached hydrogen (secondary N) is 2. The highest BCUT2D eigenvalue weighted by Crippen LogP contribution is 2.32. The van der Waals surface area contributed by atoms with Crippen LogP contribution in [0.25, 0.3) is 22.6 Å². The van der Waals surface area contributed by atoms with Crippen molar-refractivity contribution >= 4 is 34.4 Å². The molecule has 1 saturated heterocycles. The number of pyridine rings is 1. The number of aromatic amines is 1. The van der Waals surface area contributed by atoms with E-state index in [1.807, 2.05) is 12.1 Å². The number of carbonyl (C=O) groups is 1. The van der Waals surface area contributed by atoms with E-state index in [-0.39, 0.29) is 6.61 Å². The molecule has 3 N–H and O–H groups in total. The molecule has 0 aliphatic carbocycles. The summed E-state index contributed by atoms with van der Waals surface area (Å²) in [5, 5.41) is 12.9. The van der Waals surface area contributed by atoms with Crippen LogP contribution in [0, 0.1) is 0 Å². The number of halogens is 1. The minimum atomic E-state index is -1.01. The highest BCUT2D eigenvalue weighted by molar-refractivity contribution is 6.34. The number of rotatable bonds is 7. The van der Waals surface area contributed by atoms with Crippen molar-refractivity contribution in [3.8, 4) is 17.1 Å². The van der Waals surface area contributed by atoms with Gasteiger partial charge in [-0.2, -0.15) is 0 Å². The van der Waals surface area contributed by atoms with Crippen molar-refractivity contribution < 1.29 is 14.6 Å². The maximum absolute atomic E-state index is 10.6. The Balaban J connectivity index is 1.54. The second-order valence-electron chi connectivity index (χ2n) is 8.02. The van der Waals surface area contributed by atoms with Gasteiger partial charge < -0.3 is 25.0 Å². The number of aliphatic carboxylic acids is 1. The van der Waals surface area contributed by atoms with Gasteiger partial charge in [-0.15, -0.1) is 0 Å². The van der Waals surface area contributed by atoms with E-state index in [1.165, 1.54) is 0 Å². The SMILES string of the molecule is CC(C)N1CCC(Nc2c(Cl)cnc3nc(-c4ccc(OCC(=O)O)cc4)[nH]c23)CC1. The molecule has 164 valence electrons. The first-order valence-corrected chi connectivity index (χ1v) is 10.8. The lowest BCUT2D eigenvalue weighted by Crippen LogP contribution is -2.42. The van der Waals surface area contributed by atoms with Crippen LogP contribution in [0.1, 0.15) is 26.7 Å². The summed E-state index contributed by atoms with van der Waals surface area (Å²) in [7, 11) is 0. The molecule has 9 heteroatoms. The third-order valence-electron chi connectivity index (χ3n) is 5.57. The molecule has 1 fully saturated rings. The number of fused-ring (bicyclic) bond motifs is 1. The fraction of sp³-hybridized carbons (Fsp3) is 0.409. The van der Waals surface area contributed by atoms with Gasteiger partial charge in [0.1, 0.15) is 17.1 Å². The van der Waals surface area contributed by atoms with Gasteiger partial charge in [0.2, 0.25) is 0 Å². The highest BCUT2D eigenvalue weighted by Gasteiger charge is 2.23. The number of H-pyrrole nitrogens is 1. The molecule has 3 heterocycles. The van der Waals surface area contributed by atoms with Gasteiger partial charge in [0, 0.05) is 30.7 Å². The van der Waals surface area contributed by atoms with E-state index in [9.17, 15) is 4.79 Å². The van der Waals surface area contributed by atoms with Gasteiger partial charge in [0.15, 0.2) is 12.3 Å². The molecule has 0 amide bonds. The molecule has 31 heavy (non-hydrogen) atoms. The standard InChI is InChI=1S/C22H26ClN5O3/c1-13(2)28-9-7-15(8-10-28)25-19-17(23)11-24-22-20(19)26-21(27-22)14-3-5-16(6-4-14)31-12-18(29)30/h3-6,11,13,15H,7-10,12H2,1-2H3,(H,29,30)(H2,24,25,26,27). The number of aromatic nitrogens is 3. The number of benzene rings is 1. The maximum atomic E-state index is 10.6. The Hall–Kier alpha value is -2.84.